The average Bonchev–Trinajstić information content (AvgIpc) is 3.53. The van der Waals surface area contributed by atoms with Crippen molar-refractivity contribution in [3.05, 3.63) is 99.6 Å². The molecule has 2 heterocycles. The van der Waals surface area contributed by atoms with Crippen molar-refractivity contribution in [2.75, 3.05) is 5.32 Å². The number of anilines is 1. The number of thioether (sulfide) groups is 1. The van der Waals surface area contributed by atoms with Gasteiger partial charge in [-0.3, -0.25) is 4.79 Å². The number of halogens is 2. The van der Waals surface area contributed by atoms with Crippen molar-refractivity contribution < 1.29 is 19.1 Å². The molecule has 0 radical (unpaired) electrons. The minimum Gasteiger partial charge on any atom is -0.478 e. The molecule has 0 aliphatic heterocycles. The van der Waals surface area contributed by atoms with E-state index in [4.69, 9.17) is 11.6 Å². The summed E-state index contributed by atoms with van der Waals surface area (Å²) in [4.78, 5) is 33.0. The molecule has 0 saturated carbocycles. The van der Waals surface area contributed by atoms with Crippen LogP contribution in [0.1, 0.15) is 26.3 Å². The van der Waals surface area contributed by atoms with Crippen LogP contribution in [0.4, 0.5) is 10.1 Å². The van der Waals surface area contributed by atoms with E-state index in [-0.39, 0.29) is 16.3 Å². The fourth-order valence-corrected chi connectivity index (χ4v) is 5.30. The van der Waals surface area contributed by atoms with Crippen molar-refractivity contribution in [2.24, 2.45) is 0 Å². The number of nitrogens with one attached hydrogen (secondary N) is 2. The third kappa shape index (κ3) is 5.13. The van der Waals surface area contributed by atoms with Gasteiger partial charge in [-0.05, 0) is 52.9 Å². The van der Waals surface area contributed by atoms with E-state index in [1.54, 1.807) is 24.3 Å². The van der Waals surface area contributed by atoms with Crippen molar-refractivity contribution in [3.63, 3.8) is 0 Å². The first-order chi connectivity index (χ1) is 17.4. The van der Waals surface area contributed by atoms with Crippen LogP contribution in [-0.4, -0.2) is 27.0 Å². The van der Waals surface area contributed by atoms with Crippen molar-refractivity contribution in [2.45, 2.75) is 10.9 Å². The molecule has 180 valence electrons. The molecule has 3 N–H and O–H groups in total. The highest BCUT2D eigenvalue weighted by molar-refractivity contribution is 7.98. The lowest BCUT2D eigenvalue weighted by molar-refractivity contribution is 0.0698. The molecule has 5 aromatic rings. The molecule has 36 heavy (non-hydrogen) atoms. The summed E-state index contributed by atoms with van der Waals surface area (Å²) >= 11 is 8.79. The van der Waals surface area contributed by atoms with Gasteiger partial charge in [-0.1, -0.05) is 47.6 Å². The Morgan fingerprint density at radius 2 is 1.92 bits per heavy atom. The Bertz CT molecular complexity index is 1550. The lowest BCUT2D eigenvalue weighted by Gasteiger charge is -2.11. The molecule has 0 bridgehead atoms. The maximum atomic E-state index is 13.6. The molecule has 10 heteroatoms. The number of thiophene rings is 1. The molecule has 0 spiro atoms. The number of imidazole rings is 1. The number of amides is 1. The predicted octanol–water partition coefficient (Wildman–Crippen LogP) is 7.33. The normalized spacial score (nSPS) is 11.1. The maximum absolute atomic E-state index is 13.6. The first-order valence-corrected chi connectivity index (χ1v) is 12.9. The highest BCUT2D eigenvalue weighted by Gasteiger charge is 2.16. The van der Waals surface area contributed by atoms with Gasteiger partial charge < -0.3 is 15.4 Å². The molecule has 0 aliphatic rings. The number of fused-ring (bicyclic) bond motifs is 1. The molecule has 2 aromatic heterocycles. The number of hydrogen-bond donors (Lipinski definition) is 3. The van der Waals surface area contributed by atoms with Gasteiger partial charge in [-0.2, -0.15) is 0 Å². The Morgan fingerprint density at radius 1 is 1.11 bits per heavy atom. The van der Waals surface area contributed by atoms with Crippen molar-refractivity contribution >= 4 is 63.3 Å². The summed E-state index contributed by atoms with van der Waals surface area (Å²) in [5.74, 6) is -1.46. The number of carbonyl (C=O) groups excluding carboxylic acids is 1. The van der Waals surface area contributed by atoms with E-state index in [1.807, 2.05) is 29.6 Å². The second-order valence-corrected chi connectivity index (χ2v) is 10.1. The highest BCUT2D eigenvalue weighted by Crippen LogP contribution is 2.30. The van der Waals surface area contributed by atoms with Gasteiger partial charge in [-0.15, -0.1) is 11.3 Å². The number of aromatic nitrogens is 2. The van der Waals surface area contributed by atoms with E-state index in [1.165, 1.54) is 41.3 Å². The SMILES string of the molecule is O=C(Nc1cc(-c2cccs2)ccc1C(=O)O)c1ccc(CSc2nc3cc(Cl)c(F)cc3[nH]2)cc1. The van der Waals surface area contributed by atoms with Gasteiger partial charge in [0.2, 0.25) is 0 Å². The fraction of sp³-hybridized carbons (Fsp3) is 0.0385. The summed E-state index contributed by atoms with van der Waals surface area (Å²) in [5, 5.41) is 14.9. The summed E-state index contributed by atoms with van der Waals surface area (Å²) in [6, 6.07) is 18.5. The summed E-state index contributed by atoms with van der Waals surface area (Å²) in [6.07, 6.45) is 0. The standard InChI is InChI=1S/C26H17ClFN3O3S2/c27-18-11-21-22(12-19(18)28)31-26(30-21)36-13-14-3-5-15(6-4-14)24(32)29-20-10-16(23-2-1-9-35-23)7-8-17(20)25(33)34/h1-12H,13H2,(H,29,32)(H,30,31)(H,33,34). The largest absolute Gasteiger partial charge is 0.478 e. The Morgan fingerprint density at radius 3 is 2.64 bits per heavy atom. The van der Waals surface area contributed by atoms with Crippen LogP contribution in [0, 0.1) is 5.82 Å². The van der Waals surface area contributed by atoms with E-state index in [0.717, 1.165) is 16.0 Å². The summed E-state index contributed by atoms with van der Waals surface area (Å²) in [5.41, 5.74) is 3.58. The third-order valence-electron chi connectivity index (χ3n) is 5.40. The van der Waals surface area contributed by atoms with Crippen molar-refractivity contribution in [3.8, 4) is 10.4 Å². The lowest BCUT2D eigenvalue weighted by Crippen LogP contribution is -2.15. The Labute approximate surface area is 218 Å². The number of hydrogen-bond acceptors (Lipinski definition) is 5. The monoisotopic (exact) mass is 537 g/mol. The van der Waals surface area contributed by atoms with Gasteiger partial charge >= 0.3 is 5.97 Å². The van der Waals surface area contributed by atoms with Crippen LogP contribution >= 0.6 is 34.7 Å². The van der Waals surface area contributed by atoms with E-state index < -0.39 is 17.7 Å². The van der Waals surface area contributed by atoms with Crippen LogP contribution in [0.3, 0.4) is 0 Å². The van der Waals surface area contributed by atoms with Crippen LogP contribution in [0.2, 0.25) is 5.02 Å². The number of benzene rings is 3. The number of aromatic amines is 1. The smallest absolute Gasteiger partial charge is 0.337 e. The van der Waals surface area contributed by atoms with Gasteiger partial charge in [0.25, 0.3) is 5.91 Å². The van der Waals surface area contributed by atoms with Gasteiger partial charge in [0.05, 0.1) is 27.3 Å². The number of rotatable bonds is 7. The fourth-order valence-electron chi connectivity index (χ4n) is 3.58. The second-order valence-electron chi connectivity index (χ2n) is 7.81. The van der Waals surface area contributed by atoms with E-state index in [9.17, 15) is 19.1 Å². The zero-order chi connectivity index (χ0) is 25.2. The topological polar surface area (TPSA) is 95.1 Å². The number of H-pyrrole nitrogens is 1. The number of carboxylic acid groups (broad SMARTS) is 1. The van der Waals surface area contributed by atoms with Gasteiger partial charge in [0, 0.05) is 22.3 Å². The first kappa shape index (κ1) is 24.1. The first-order valence-electron chi connectivity index (χ1n) is 10.7. The maximum Gasteiger partial charge on any atom is 0.337 e. The molecule has 6 nitrogen and oxygen atoms in total. The van der Waals surface area contributed by atoms with Crippen LogP contribution in [-0.2, 0) is 5.75 Å². The van der Waals surface area contributed by atoms with Crippen molar-refractivity contribution in [1.29, 1.82) is 0 Å². The van der Waals surface area contributed by atoms with Crippen LogP contribution < -0.4 is 5.32 Å². The van der Waals surface area contributed by atoms with Gasteiger partial charge in [0.1, 0.15) is 5.82 Å². The minimum absolute atomic E-state index is 0.0173. The quantitative estimate of drug-likeness (QED) is 0.189. The second kappa shape index (κ2) is 10.1. The van der Waals surface area contributed by atoms with Crippen LogP contribution in [0.15, 0.2) is 77.3 Å². The van der Waals surface area contributed by atoms with Crippen LogP contribution in [0.25, 0.3) is 21.5 Å². The number of carbonyl (C=O) groups is 2. The lowest BCUT2D eigenvalue weighted by atomic mass is 10.1. The molecule has 0 aliphatic carbocycles. The van der Waals surface area contributed by atoms with E-state index >= 15 is 0 Å². The molecule has 3 aromatic carbocycles. The van der Waals surface area contributed by atoms with Gasteiger partial charge in [0.15, 0.2) is 5.16 Å². The summed E-state index contributed by atoms with van der Waals surface area (Å²) < 4.78 is 13.6. The number of aromatic carboxylic acids is 1. The van der Waals surface area contributed by atoms with Gasteiger partial charge in [-0.25, -0.2) is 14.2 Å². The summed E-state index contributed by atoms with van der Waals surface area (Å²) in [7, 11) is 0. The Kier molecular flexibility index (Phi) is 6.77. The Balaban J connectivity index is 1.28. The molecule has 5 rings (SSSR count). The van der Waals surface area contributed by atoms with Crippen LogP contribution in [0.5, 0.6) is 0 Å². The van der Waals surface area contributed by atoms with E-state index in [0.29, 0.717) is 27.5 Å². The molecule has 0 saturated heterocycles. The molecular formula is C26H17ClFN3O3S2. The summed E-state index contributed by atoms with van der Waals surface area (Å²) in [6.45, 7) is 0. The predicted molar refractivity (Wildman–Crippen MR) is 142 cm³/mol. The zero-order valence-corrected chi connectivity index (χ0v) is 20.8. The molecule has 0 unspecified atom stereocenters. The number of nitrogens with zero attached hydrogens (tertiary/aromatic N) is 1. The molecule has 0 fully saturated rings. The highest BCUT2D eigenvalue weighted by atomic mass is 35.5. The number of carboxylic acids is 1. The van der Waals surface area contributed by atoms with Crippen molar-refractivity contribution in [1.82, 2.24) is 9.97 Å². The molecule has 0 atom stereocenters. The zero-order valence-electron chi connectivity index (χ0n) is 18.4. The third-order valence-corrected chi connectivity index (χ3v) is 7.55. The average molecular weight is 538 g/mol. The molecule has 1 amide bonds. The Hall–Kier alpha value is -3.66. The minimum atomic E-state index is -1.12. The molecular weight excluding hydrogens is 521 g/mol. The van der Waals surface area contributed by atoms with E-state index in [2.05, 4.69) is 15.3 Å².